The van der Waals surface area contributed by atoms with Crippen molar-refractivity contribution < 1.29 is 13.9 Å². The third-order valence-corrected chi connectivity index (χ3v) is 8.45. The van der Waals surface area contributed by atoms with Crippen LogP contribution in [-0.2, 0) is 4.74 Å². The molecule has 2 aromatic carbocycles. The number of amides is 1. The van der Waals surface area contributed by atoms with E-state index in [4.69, 9.17) is 14.8 Å². The minimum absolute atomic E-state index is 0.0265. The van der Waals surface area contributed by atoms with E-state index in [1.165, 1.54) is 12.1 Å². The third kappa shape index (κ3) is 5.49. The lowest BCUT2D eigenvalue weighted by atomic mass is 10.0. The van der Waals surface area contributed by atoms with Crippen LogP contribution in [0, 0.1) is 19.7 Å². The summed E-state index contributed by atoms with van der Waals surface area (Å²) in [5, 5.41) is 5.78. The summed E-state index contributed by atoms with van der Waals surface area (Å²) in [5.74, 6) is -0.253. The molecule has 0 N–H and O–H groups in total. The SMILES string of the molecule is Cc1ccc(-c2nc(-n3cc(-c4cccc(F)c4)c(C)n3)sc2SC(C)C)cc1C(=O)N1CCOCC1. The zero-order chi connectivity index (χ0) is 26.1. The van der Waals surface area contributed by atoms with Crippen LogP contribution in [0.25, 0.3) is 27.5 Å². The molecule has 3 heterocycles. The largest absolute Gasteiger partial charge is 0.378 e. The first-order valence-electron chi connectivity index (χ1n) is 12.3. The Bertz CT molecular complexity index is 1440. The van der Waals surface area contributed by atoms with Gasteiger partial charge in [-0.1, -0.05) is 49.4 Å². The second kappa shape index (κ2) is 10.8. The average molecular weight is 537 g/mol. The van der Waals surface area contributed by atoms with Gasteiger partial charge in [-0.15, -0.1) is 11.8 Å². The molecule has 1 fully saturated rings. The van der Waals surface area contributed by atoms with Crippen LogP contribution in [0.5, 0.6) is 0 Å². The Hall–Kier alpha value is -3.01. The number of halogens is 1. The van der Waals surface area contributed by atoms with Crippen molar-refractivity contribution in [3.8, 4) is 27.5 Å². The number of morpholine rings is 1. The van der Waals surface area contributed by atoms with Gasteiger partial charge in [0.1, 0.15) is 5.82 Å². The molecule has 1 saturated heterocycles. The van der Waals surface area contributed by atoms with E-state index < -0.39 is 0 Å². The Kier molecular flexibility index (Phi) is 7.46. The minimum Gasteiger partial charge on any atom is -0.378 e. The topological polar surface area (TPSA) is 60.2 Å². The molecular weight excluding hydrogens is 507 g/mol. The Labute approximate surface area is 224 Å². The molecule has 0 unspecified atom stereocenters. The van der Waals surface area contributed by atoms with E-state index in [0.717, 1.165) is 43.0 Å². The fraction of sp³-hybridized carbons (Fsp3) is 0.321. The summed E-state index contributed by atoms with van der Waals surface area (Å²) in [6, 6.07) is 12.5. The number of nitrogens with zero attached hydrogens (tertiary/aromatic N) is 4. The maximum atomic E-state index is 13.8. The van der Waals surface area contributed by atoms with E-state index in [9.17, 15) is 9.18 Å². The molecule has 0 radical (unpaired) electrons. The highest BCUT2D eigenvalue weighted by molar-refractivity contribution is 8.01. The molecule has 6 nitrogen and oxygen atoms in total. The van der Waals surface area contributed by atoms with Crippen molar-refractivity contribution in [1.29, 1.82) is 0 Å². The van der Waals surface area contributed by atoms with Crippen molar-refractivity contribution in [3.05, 3.63) is 71.3 Å². The minimum atomic E-state index is -0.279. The second-order valence-electron chi connectivity index (χ2n) is 9.32. The summed E-state index contributed by atoms with van der Waals surface area (Å²) in [7, 11) is 0. The van der Waals surface area contributed by atoms with Crippen LogP contribution in [-0.4, -0.2) is 57.1 Å². The van der Waals surface area contributed by atoms with Crippen LogP contribution >= 0.6 is 23.1 Å². The van der Waals surface area contributed by atoms with E-state index in [2.05, 4.69) is 13.8 Å². The lowest BCUT2D eigenvalue weighted by Crippen LogP contribution is -2.40. The summed E-state index contributed by atoms with van der Waals surface area (Å²) in [5.41, 5.74) is 5.82. The molecule has 4 aromatic rings. The Morgan fingerprint density at radius 1 is 1.11 bits per heavy atom. The predicted molar refractivity (Wildman–Crippen MR) is 147 cm³/mol. The standard InChI is InChI=1S/C28H29FN4O2S2/c1-17(2)36-27-25(21-9-8-18(3)23(15-21)26(34)32-10-12-35-13-11-32)30-28(37-27)33-16-24(19(4)31-33)20-6-5-7-22(29)14-20/h5-9,14-17H,10-13H2,1-4H3. The number of benzene rings is 2. The first kappa shape index (κ1) is 25.6. The number of thiazole rings is 1. The maximum absolute atomic E-state index is 13.8. The van der Waals surface area contributed by atoms with Crippen LogP contribution in [0.4, 0.5) is 4.39 Å². The highest BCUT2D eigenvalue weighted by atomic mass is 32.2. The van der Waals surface area contributed by atoms with Gasteiger partial charge < -0.3 is 9.64 Å². The monoisotopic (exact) mass is 536 g/mol. The molecule has 0 saturated carbocycles. The summed E-state index contributed by atoms with van der Waals surface area (Å²) < 4.78 is 22.1. The van der Waals surface area contributed by atoms with Crippen molar-refractivity contribution in [2.75, 3.05) is 26.3 Å². The average Bonchev–Trinajstić information content (AvgIpc) is 3.47. The van der Waals surface area contributed by atoms with Gasteiger partial charge in [0.05, 0.1) is 28.8 Å². The number of aromatic nitrogens is 3. The van der Waals surface area contributed by atoms with Crippen LogP contribution in [0.1, 0.15) is 35.5 Å². The summed E-state index contributed by atoms with van der Waals surface area (Å²) in [4.78, 5) is 20.1. The maximum Gasteiger partial charge on any atom is 0.254 e. The number of carbonyl (C=O) groups excluding carboxylic acids is 1. The van der Waals surface area contributed by atoms with Crippen molar-refractivity contribution in [2.45, 2.75) is 37.2 Å². The number of rotatable bonds is 6. The van der Waals surface area contributed by atoms with Gasteiger partial charge in [0.25, 0.3) is 5.91 Å². The molecule has 1 amide bonds. The number of hydrogen-bond acceptors (Lipinski definition) is 6. The van der Waals surface area contributed by atoms with Crippen LogP contribution in [0.15, 0.2) is 52.9 Å². The number of aryl methyl sites for hydroxylation is 2. The van der Waals surface area contributed by atoms with Crippen LogP contribution in [0.2, 0.25) is 0 Å². The lowest BCUT2D eigenvalue weighted by molar-refractivity contribution is 0.0302. The summed E-state index contributed by atoms with van der Waals surface area (Å²) in [6.45, 7) is 10.5. The Morgan fingerprint density at radius 2 is 1.89 bits per heavy atom. The second-order valence-corrected chi connectivity index (χ2v) is 12.1. The molecule has 0 atom stereocenters. The molecule has 5 rings (SSSR count). The Morgan fingerprint density at radius 3 is 2.62 bits per heavy atom. The molecule has 2 aromatic heterocycles. The zero-order valence-corrected chi connectivity index (χ0v) is 23.0. The highest BCUT2D eigenvalue weighted by Gasteiger charge is 2.23. The number of thioether (sulfide) groups is 1. The van der Waals surface area contributed by atoms with Gasteiger partial charge in [-0.2, -0.15) is 5.10 Å². The highest BCUT2D eigenvalue weighted by Crippen LogP contribution is 2.40. The van der Waals surface area contributed by atoms with Gasteiger partial charge in [0.15, 0.2) is 0 Å². The van der Waals surface area contributed by atoms with Gasteiger partial charge >= 0.3 is 0 Å². The van der Waals surface area contributed by atoms with E-state index in [-0.39, 0.29) is 11.7 Å². The molecule has 0 bridgehead atoms. The number of hydrogen-bond donors (Lipinski definition) is 0. The van der Waals surface area contributed by atoms with E-state index in [1.54, 1.807) is 33.8 Å². The van der Waals surface area contributed by atoms with Gasteiger partial charge in [0.2, 0.25) is 5.13 Å². The third-order valence-electron chi connectivity index (χ3n) is 6.20. The fourth-order valence-electron chi connectivity index (χ4n) is 4.30. The van der Waals surface area contributed by atoms with Gasteiger partial charge in [-0.3, -0.25) is 4.79 Å². The van der Waals surface area contributed by atoms with Crippen molar-refractivity contribution in [2.24, 2.45) is 0 Å². The molecule has 0 spiro atoms. The summed E-state index contributed by atoms with van der Waals surface area (Å²) in [6.07, 6.45) is 1.90. The van der Waals surface area contributed by atoms with Gasteiger partial charge in [-0.25, -0.2) is 14.1 Å². The van der Waals surface area contributed by atoms with Gasteiger partial charge in [0, 0.05) is 41.2 Å². The zero-order valence-electron chi connectivity index (χ0n) is 21.3. The molecule has 37 heavy (non-hydrogen) atoms. The first-order valence-corrected chi connectivity index (χ1v) is 14.0. The smallest absolute Gasteiger partial charge is 0.254 e. The number of ether oxygens (including phenoxy) is 1. The normalized spacial score (nSPS) is 13.9. The Balaban J connectivity index is 1.54. The van der Waals surface area contributed by atoms with Crippen molar-refractivity contribution in [3.63, 3.8) is 0 Å². The lowest BCUT2D eigenvalue weighted by Gasteiger charge is -2.27. The van der Waals surface area contributed by atoms with Gasteiger partial charge in [-0.05, 0) is 43.2 Å². The van der Waals surface area contributed by atoms with Crippen molar-refractivity contribution >= 4 is 29.0 Å². The molecule has 192 valence electrons. The van der Waals surface area contributed by atoms with E-state index in [0.29, 0.717) is 37.1 Å². The number of carbonyl (C=O) groups is 1. The van der Waals surface area contributed by atoms with E-state index >= 15 is 0 Å². The molecule has 1 aliphatic rings. The first-order chi connectivity index (χ1) is 17.8. The molecule has 0 aliphatic carbocycles. The molecular formula is C28H29FN4O2S2. The summed E-state index contributed by atoms with van der Waals surface area (Å²) >= 11 is 3.31. The fourth-order valence-corrected chi connectivity index (χ4v) is 6.75. The molecule has 9 heteroatoms. The van der Waals surface area contributed by atoms with Crippen LogP contribution < -0.4 is 0 Å². The van der Waals surface area contributed by atoms with E-state index in [1.807, 2.05) is 49.2 Å². The van der Waals surface area contributed by atoms with Crippen molar-refractivity contribution in [1.82, 2.24) is 19.7 Å². The molecule has 1 aliphatic heterocycles. The predicted octanol–water partition coefficient (Wildman–Crippen LogP) is 6.39. The van der Waals surface area contributed by atoms with Crippen LogP contribution in [0.3, 0.4) is 0 Å². The quantitative estimate of drug-likeness (QED) is 0.267.